The molecule has 0 aliphatic rings. The van der Waals surface area contributed by atoms with Gasteiger partial charge in [-0.3, -0.25) is 9.48 Å². The minimum atomic E-state index is -0.347. The summed E-state index contributed by atoms with van der Waals surface area (Å²) >= 11 is 6.25. The van der Waals surface area contributed by atoms with E-state index in [1.807, 2.05) is 13.8 Å². The summed E-state index contributed by atoms with van der Waals surface area (Å²) in [4.78, 5) is 12.3. The summed E-state index contributed by atoms with van der Waals surface area (Å²) < 4.78 is 15.2. The van der Waals surface area contributed by atoms with Gasteiger partial charge in [0.2, 0.25) is 0 Å². The Kier molecular flexibility index (Phi) is 5.19. The summed E-state index contributed by atoms with van der Waals surface area (Å²) in [6.07, 6.45) is 0. The van der Waals surface area contributed by atoms with E-state index in [4.69, 9.17) is 11.6 Å². The maximum atomic E-state index is 13.6. The summed E-state index contributed by atoms with van der Waals surface area (Å²) in [5, 5.41) is 7.30. The van der Waals surface area contributed by atoms with Crippen molar-refractivity contribution in [3.63, 3.8) is 0 Å². The van der Waals surface area contributed by atoms with Gasteiger partial charge in [-0.05, 0) is 18.9 Å². The largest absolute Gasteiger partial charge is 0.348 e. The van der Waals surface area contributed by atoms with E-state index >= 15 is 0 Å². The summed E-state index contributed by atoms with van der Waals surface area (Å²) in [7, 11) is 0. The average Bonchev–Trinajstić information content (AvgIpc) is 2.71. The Labute approximate surface area is 134 Å². The van der Waals surface area contributed by atoms with Gasteiger partial charge in [0.05, 0.1) is 11.3 Å². The van der Waals surface area contributed by atoms with Crippen molar-refractivity contribution >= 4 is 17.5 Å². The lowest BCUT2D eigenvalue weighted by Gasteiger charge is -2.07. The van der Waals surface area contributed by atoms with Crippen LogP contribution in [0.5, 0.6) is 0 Å². The van der Waals surface area contributed by atoms with Crippen molar-refractivity contribution in [1.82, 2.24) is 15.1 Å². The van der Waals surface area contributed by atoms with Crippen molar-refractivity contribution in [2.24, 2.45) is 5.92 Å². The zero-order valence-electron chi connectivity index (χ0n) is 12.9. The van der Waals surface area contributed by atoms with Crippen molar-refractivity contribution < 1.29 is 9.18 Å². The normalized spacial score (nSPS) is 11.0. The molecular weight excluding hydrogens is 305 g/mol. The smallest absolute Gasteiger partial charge is 0.256 e. The van der Waals surface area contributed by atoms with Crippen LogP contribution >= 0.6 is 11.6 Å². The first kappa shape index (κ1) is 16.5. The molecule has 0 aliphatic heterocycles. The molecule has 1 heterocycles. The van der Waals surface area contributed by atoms with E-state index in [1.165, 1.54) is 6.07 Å². The third kappa shape index (κ3) is 3.65. The van der Waals surface area contributed by atoms with Gasteiger partial charge < -0.3 is 5.32 Å². The van der Waals surface area contributed by atoms with Crippen LogP contribution in [0.3, 0.4) is 0 Å². The minimum absolute atomic E-state index is 0.108. The molecule has 0 saturated heterocycles. The molecule has 0 fully saturated rings. The Morgan fingerprint density at radius 3 is 2.73 bits per heavy atom. The predicted molar refractivity (Wildman–Crippen MR) is 84.4 cm³/mol. The molecular formula is C16H19ClFN3O. The highest BCUT2D eigenvalue weighted by Gasteiger charge is 2.20. The number of amides is 1. The lowest BCUT2D eigenvalue weighted by atomic mass is 10.2. The summed E-state index contributed by atoms with van der Waals surface area (Å²) in [5.74, 6) is -0.326. The van der Waals surface area contributed by atoms with E-state index in [-0.39, 0.29) is 18.3 Å². The average molecular weight is 324 g/mol. The topological polar surface area (TPSA) is 46.9 Å². The van der Waals surface area contributed by atoms with Crippen LogP contribution in [0.15, 0.2) is 24.3 Å². The molecule has 0 bridgehead atoms. The van der Waals surface area contributed by atoms with Crippen LogP contribution in [0.25, 0.3) is 0 Å². The van der Waals surface area contributed by atoms with E-state index < -0.39 is 0 Å². The van der Waals surface area contributed by atoms with Crippen molar-refractivity contribution in [3.05, 3.63) is 52.1 Å². The van der Waals surface area contributed by atoms with Gasteiger partial charge in [-0.2, -0.15) is 5.10 Å². The monoisotopic (exact) mass is 323 g/mol. The van der Waals surface area contributed by atoms with Gasteiger partial charge >= 0.3 is 0 Å². The second kappa shape index (κ2) is 6.92. The molecule has 0 atom stereocenters. The Balaban J connectivity index is 2.13. The lowest BCUT2D eigenvalue weighted by molar-refractivity contribution is 0.0950. The molecule has 1 aromatic heterocycles. The molecule has 22 heavy (non-hydrogen) atoms. The molecule has 118 valence electrons. The van der Waals surface area contributed by atoms with Gasteiger partial charge in [-0.25, -0.2) is 4.39 Å². The van der Waals surface area contributed by atoms with E-state index in [1.54, 1.807) is 29.8 Å². The quantitative estimate of drug-likeness (QED) is 0.914. The Hall–Kier alpha value is -1.88. The number of rotatable bonds is 5. The fraction of sp³-hybridized carbons (Fsp3) is 0.375. The van der Waals surface area contributed by atoms with Crippen LogP contribution in [0.4, 0.5) is 4.39 Å². The van der Waals surface area contributed by atoms with Crippen LogP contribution < -0.4 is 5.32 Å². The van der Waals surface area contributed by atoms with Gasteiger partial charge in [0, 0.05) is 18.7 Å². The molecule has 0 unspecified atom stereocenters. The van der Waals surface area contributed by atoms with Crippen molar-refractivity contribution in [2.75, 3.05) is 0 Å². The molecule has 1 N–H and O–H groups in total. The number of hydrogen-bond donors (Lipinski definition) is 1. The Morgan fingerprint density at radius 1 is 1.41 bits per heavy atom. The first-order valence-corrected chi connectivity index (χ1v) is 7.52. The number of benzene rings is 1. The lowest BCUT2D eigenvalue weighted by Crippen LogP contribution is -2.24. The number of carbonyl (C=O) groups excluding carboxylic acids is 1. The molecule has 1 amide bonds. The zero-order chi connectivity index (χ0) is 16.3. The second-order valence-corrected chi connectivity index (χ2v) is 5.96. The first-order chi connectivity index (χ1) is 10.4. The van der Waals surface area contributed by atoms with Crippen LogP contribution in [0.1, 0.15) is 35.5 Å². The van der Waals surface area contributed by atoms with Crippen LogP contribution in [0.2, 0.25) is 5.15 Å². The number of hydrogen-bond acceptors (Lipinski definition) is 2. The minimum Gasteiger partial charge on any atom is -0.348 e. The van der Waals surface area contributed by atoms with E-state index in [0.29, 0.717) is 34.4 Å². The highest BCUT2D eigenvalue weighted by atomic mass is 35.5. The summed E-state index contributed by atoms with van der Waals surface area (Å²) in [6.45, 7) is 6.58. The fourth-order valence-corrected chi connectivity index (χ4v) is 2.51. The maximum Gasteiger partial charge on any atom is 0.256 e. The number of carbonyl (C=O) groups is 1. The predicted octanol–water partition coefficient (Wildman–Crippen LogP) is 3.57. The highest BCUT2D eigenvalue weighted by Crippen LogP contribution is 2.21. The van der Waals surface area contributed by atoms with E-state index in [2.05, 4.69) is 10.4 Å². The van der Waals surface area contributed by atoms with Gasteiger partial charge in [-0.1, -0.05) is 43.6 Å². The maximum absolute atomic E-state index is 13.6. The molecule has 0 saturated carbocycles. The number of aromatic nitrogens is 2. The molecule has 0 spiro atoms. The Morgan fingerprint density at radius 2 is 2.09 bits per heavy atom. The molecule has 6 heteroatoms. The SMILES string of the molecule is Cc1nn(CC(C)C)c(Cl)c1C(=O)NCc1ccccc1F. The standard InChI is InChI=1S/C16H19ClFN3O/c1-10(2)9-21-15(17)14(11(3)20-21)16(22)19-8-12-6-4-5-7-13(12)18/h4-7,10H,8-9H2,1-3H3,(H,19,22). The van der Waals surface area contributed by atoms with Gasteiger partial charge in [0.15, 0.2) is 0 Å². The molecule has 1 aromatic carbocycles. The molecule has 4 nitrogen and oxygen atoms in total. The van der Waals surface area contributed by atoms with Gasteiger partial charge in [0.1, 0.15) is 11.0 Å². The first-order valence-electron chi connectivity index (χ1n) is 7.14. The molecule has 2 rings (SSSR count). The van der Waals surface area contributed by atoms with E-state index in [0.717, 1.165) is 0 Å². The van der Waals surface area contributed by atoms with Gasteiger partial charge in [-0.15, -0.1) is 0 Å². The summed E-state index contributed by atoms with van der Waals surface area (Å²) in [5.41, 5.74) is 1.34. The molecule has 2 aromatic rings. The molecule has 0 aliphatic carbocycles. The zero-order valence-corrected chi connectivity index (χ0v) is 13.6. The number of nitrogens with one attached hydrogen (secondary N) is 1. The second-order valence-electron chi connectivity index (χ2n) is 5.60. The summed E-state index contributed by atoms with van der Waals surface area (Å²) in [6, 6.07) is 6.33. The van der Waals surface area contributed by atoms with Crippen molar-refractivity contribution in [3.8, 4) is 0 Å². The third-order valence-corrected chi connectivity index (χ3v) is 3.61. The van der Waals surface area contributed by atoms with E-state index in [9.17, 15) is 9.18 Å². The Bertz CT molecular complexity index is 682. The van der Waals surface area contributed by atoms with Crippen molar-refractivity contribution in [2.45, 2.75) is 33.9 Å². The fourth-order valence-electron chi connectivity index (χ4n) is 2.18. The third-order valence-electron chi connectivity index (χ3n) is 3.23. The van der Waals surface area contributed by atoms with Crippen LogP contribution in [0, 0.1) is 18.7 Å². The molecule has 0 radical (unpaired) electrons. The highest BCUT2D eigenvalue weighted by molar-refractivity contribution is 6.33. The number of halogens is 2. The number of aryl methyl sites for hydroxylation is 1. The van der Waals surface area contributed by atoms with Crippen molar-refractivity contribution in [1.29, 1.82) is 0 Å². The number of nitrogens with zero attached hydrogens (tertiary/aromatic N) is 2. The van der Waals surface area contributed by atoms with Crippen LogP contribution in [-0.4, -0.2) is 15.7 Å². The van der Waals surface area contributed by atoms with Crippen LogP contribution in [-0.2, 0) is 13.1 Å². The van der Waals surface area contributed by atoms with Gasteiger partial charge in [0.25, 0.3) is 5.91 Å².